The molecule has 1 rings (SSSR count). The molecule has 0 saturated heterocycles. The van der Waals surface area contributed by atoms with Crippen molar-refractivity contribution in [2.75, 3.05) is 13.7 Å². The summed E-state index contributed by atoms with van der Waals surface area (Å²) in [5.41, 5.74) is 1.25. The van der Waals surface area contributed by atoms with E-state index in [9.17, 15) is 4.79 Å². The molecule has 0 spiro atoms. The smallest absolute Gasteiger partial charge is 0.257 e. The van der Waals surface area contributed by atoms with Crippen LogP contribution in [0.15, 0.2) is 24.3 Å². The van der Waals surface area contributed by atoms with Crippen molar-refractivity contribution in [3.8, 4) is 5.75 Å². The van der Waals surface area contributed by atoms with Crippen LogP contribution >= 0.6 is 0 Å². The molecule has 0 saturated carbocycles. The molecule has 0 aliphatic rings. The molecule has 0 radical (unpaired) electrons. The van der Waals surface area contributed by atoms with Crippen molar-refractivity contribution in [2.45, 2.75) is 26.2 Å². The summed E-state index contributed by atoms with van der Waals surface area (Å²) in [4.78, 5) is 11.0. The van der Waals surface area contributed by atoms with Crippen LogP contribution in [0.4, 0.5) is 0 Å². The minimum absolute atomic E-state index is 0.0699. The summed E-state index contributed by atoms with van der Waals surface area (Å²) in [5, 5.41) is 2.52. The van der Waals surface area contributed by atoms with E-state index in [-0.39, 0.29) is 12.5 Å². The number of benzene rings is 1. The molecule has 1 N–H and O–H groups in total. The van der Waals surface area contributed by atoms with Crippen LogP contribution in [0.2, 0.25) is 0 Å². The number of likely N-dealkylation sites (N-methyl/N-ethyl adjacent to an activating group) is 1. The first-order valence-corrected chi connectivity index (χ1v) is 5.60. The van der Waals surface area contributed by atoms with Gasteiger partial charge in [-0.2, -0.15) is 0 Å². The summed E-state index contributed by atoms with van der Waals surface area (Å²) in [6, 6.07) is 7.91. The molecule has 1 atom stereocenters. The Balaban J connectivity index is 2.64. The maximum atomic E-state index is 11.0. The summed E-state index contributed by atoms with van der Waals surface area (Å²) in [7, 11) is 1.60. The quantitative estimate of drug-likeness (QED) is 0.828. The van der Waals surface area contributed by atoms with E-state index < -0.39 is 0 Å². The molecule has 0 aromatic heterocycles. The van der Waals surface area contributed by atoms with Gasteiger partial charge in [0.15, 0.2) is 6.61 Å². The van der Waals surface area contributed by atoms with Gasteiger partial charge in [-0.3, -0.25) is 4.79 Å². The molecule has 3 heteroatoms. The number of rotatable bonds is 5. The van der Waals surface area contributed by atoms with Gasteiger partial charge >= 0.3 is 0 Å². The second-order valence-electron chi connectivity index (χ2n) is 3.84. The van der Waals surface area contributed by atoms with E-state index in [0.29, 0.717) is 5.92 Å². The standard InChI is InChI=1S/C13H19NO2/c1-4-10(2)11-6-5-7-12(8-11)16-9-13(15)14-3/h5-8,10H,4,9H2,1-3H3,(H,14,15). The molecule has 0 heterocycles. The third kappa shape index (κ3) is 3.57. The summed E-state index contributed by atoms with van der Waals surface area (Å²) in [6.45, 7) is 4.40. The number of ether oxygens (including phenoxy) is 1. The number of carbonyl (C=O) groups is 1. The Morgan fingerprint density at radius 1 is 1.50 bits per heavy atom. The SMILES string of the molecule is CCC(C)c1cccc(OCC(=O)NC)c1. The molecular weight excluding hydrogens is 202 g/mol. The van der Waals surface area contributed by atoms with Crippen LogP contribution in [-0.4, -0.2) is 19.6 Å². The predicted octanol–water partition coefficient (Wildman–Crippen LogP) is 2.32. The van der Waals surface area contributed by atoms with Crippen molar-refractivity contribution >= 4 is 5.91 Å². The fraction of sp³-hybridized carbons (Fsp3) is 0.462. The van der Waals surface area contributed by atoms with Crippen LogP contribution in [0.1, 0.15) is 31.7 Å². The van der Waals surface area contributed by atoms with Gasteiger partial charge in [0.05, 0.1) is 0 Å². The van der Waals surface area contributed by atoms with Gasteiger partial charge in [0, 0.05) is 7.05 Å². The van der Waals surface area contributed by atoms with Crippen LogP contribution in [0.3, 0.4) is 0 Å². The van der Waals surface area contributed by atoms with Gasteiger partial charge in [0.1, 0.15) is 5.75 Å². The first-order valence-electron chi connectivity index (χ1n) is 5.60. The topological polar surface area (TPSA) is 38.3 Å². The molecule has 0 aliphatic heterocycles. The molecule has 0 fully saturated rings. The van der Waals surface area contributed by atoms with Crippen molar-refractivity contribution in [2.24, 2.45) is 0 Å². The molecule has 88 valence electrons. The van der Waals surface area contributed by atoms with E-state index in [1.165, 1.54) is 5.56 Å². The minimum atomic E-state index is -0.117. The summed E-state index contributed by atoms with van der Waals surface area (Å²) in [6.07, 6.45) is 1.10. The highest BCUT2D eigenvalue weighted by atomic mass is 16.5. The maximum absolute atomic E-state index is 11.0. The van der Waals surface area contributed by atoms with E-state index in [1.807, 2.05) is 18.2 Å². The van der Waals surface area contributed by atoms with E-state index in [1.54, 1.807) is 7.05 Å². The summed E-state index contributed by atoms with van der Waals surface area (Å²) in [5.74, 6) is 1.15. The Morgan fingerprint density at radius 2 is 2.25 bits per heavy atom. The van der Waals surface area contributed by atoms with Gasteiger partial charge in [-0.05, 0) is 30.0 Å². The first-order chi connectivity index (χ1) is 7.67. The Morgan fingerprint density at radius 3 is 2.88 bits per heavy atom. The second-order valence-corrected chi connectivity index (χ2v) is 3.84. The Labute approximate surface area is 96.8 Å². The van der Waals surface area contributed by atoms with Crippen molar-refractivity contribution < 1.29 is 9.53 Å². The molecule has 3 nitrogen and oxygen atoms in total. The Bertz CT molecular complexity index is 350. The molecule has 1 aromatic rings. The largest absolute Gasteiger partial charge is 0.484 e. The zero-order chi connectivity index (χ0) is 12.0. The van der Waals surface area contributed by atoms with Crippen LogP contribution in [0, 0.1) is 0 Å². The first kappa shape index (κ1) is 12.6. The van der Waals surface area contributed by atoms with Crippen LogP contribution in [0.25, 0.3) is 0 Å². The van der Waals surface area contributed by atoms with Gasteiger partial charge in [0.25, 0.3) is 5.91 Å². The highest BCUT2D eigenvalue weighted by molar-refractivity contribution is 5.77. The average Bonchev–Trinajstić information content (AvgIpc) is 2.35. The van der Waals surface area contributed by atoms with Gasteiger partial charge in [-0.25, -0.2) is 0 Å². The summed E-state index contributed by atoms with van der Waals surface area (Å²) < 4.78 is 5.38. The summed E-state index contributed by atoms with van der Waals surface area (Å²) >= 11 is 0. The lowest BCUT2D eigenvalue weighted by molar-refractivity contribution is -0.122. The number of amides is 1. The highest BCUT2D eigenvalue weighted by Crippen LogP contribution is 2.22. The Hall–Kier alpha value is -1.51. The number of hydrogen-bond acceptors (Lipinski definition) is 2. The number of hydrogen-bond donors (Lipinski definition) is 1. The van der Waals surface area contributed by atoms with E-state index >= 15 is 0 Å². The lowest BCUT2D eigenvalue weighted by atomic mass is 9.99. The highest BCUT2D eigenvalue weighted by Gasteiger charge is 2.05. The van der Waals surface area contributed by atoms with Crippen molar-refractivity contribution in [3.63, 3.8) is 0 Å². The number of nitrogens with one attached hydrogen (secondary N) is 1. The zero-order valence-electron chi connectivity index (χ0n) is 10.1. The molecule has 1 unspecified atom stereocenters. The van der Waals surface area contributed by atoms with E-state index in [4.69, 9.17) is 4.74 Å². The van der Waals surface area contributed by atoms with Crippen LogP contribution < -0.4 is 10.1 Å². The lowest BCUT2D eigenvalue weighted by Gasteiger charge is -2.11. The van der Waals surface area contributed by atoms with Crippen molar-refractivity contribution in [1.29, 1.82) is 0 Å². The predicted molar refractivity (Wildman–Crippen MR) is 64.7 cm³/mol. The van der Waals surface area contributed by atoms with E-state index in [2.05, 4.69) is 25.2 Å². The molecular formula is C13H19NO2. The molecule has 0 aliphatic carbocycles. The van der Waals surface area contributed by atoms with Crippen LogP contribution in [0.5, 0.6) is 5.75 Å². The van der Waals surface area contributed by atoms with Gasteiger partial charge in [-0.15, -0.1) is 0 Å². The second kappa shape index (κ2) is 6.16. The fourth-order valence-electron chi connectivity index (χ4n) is 1.37. The molecule has 16 heavy (non-hydrogen) atoms. The van der Waals surface area contributed by atoms with Crippen LogP contribution in [-0.2, 0) is 4.79 Å². The van der Waals surface area contributed by atoms with Gasteiger partial charge < -0.3 is 10.1 Å². The Kier molecular flexibility index (Phi) is 4.83. The normalized spacial score (nSPS) is 11.9. The fourth-order valence-corrected chi connectivity index (χ4v) is 1.37. The zero-order valence-corrected chi connectivity index (χ0v) is 10.1. The van der Waals surface area contributed by atoms with E-state index in [0.717, 1.165) is 12.2 Å². The van der Waals surface area contributed by atoms with Crippen molar-refractivity contribution in [3.05, 3.63) is 29.8 Å². The third-order valence-corrected chi connectivity index (χ3v) is 2.69. The monoisotopic (exact) mass is 221 g/mol. The number of carbonyl (C=O) groups excluding carboxylic acids is 1. The molecule has 1 aromatic carbocycles. The minimum Gasteiger partial charge on any atom is -0.484 e. The molecule has 1 amide bonds. The average molecular weight is 221 g/mol. The van der Waals surface area contributed by atoms with Crippen molar-refractivity contribution in [1.82, 2.24) is 5.32 Å². The van der Waals surface area contributed by atoms with Gasteiger partial charge in [0.2, 0.25) is 0 Å². The third-order valence-electron chi connectivity index (χ3n) is 2.69. The molecule has 0 bridgehead atoms. The lowest BCUT2D eigenvalue weighted by Crippen LogP contribution is -2.24. The van der Waals surface area contributed by atoms with Gasteiger partial charge in [-0.1, -0.05) is 26.0 Å². The maximum Gasteiger partial charge on any atom is 0.257 e.